The summed E-state index contributed by atoms with van der Waals surface area (Å²) in [5.41, 5.74) is 3.33. The van der Waals surface area contributed by atoms with Crippen LogP contribution in [0.4, 0.5) is 4.39 Å². The zero-order valence-corrected chi connectivity index (χ0v) is 19.7. The summed E-state index contributed by atoms with van der Waals surface area (Å²) < 4.78 is 26.7. The molecule has 1 aromatic carbocycles. The first-order valence-electron chi connectivity index (χ1n) is 10.2. The summed E-state index contributed by atoms with van der Waals surface area (Å²) in [7, 11) is -1.91. The lowest BCUT2D eigenvalue weighted by Gasteiger charge is -2.37. The molecule has 0 N–H and O–H groups in total. The van der Waals surface area contributed by atoms with Crippen molar-refractivity contribution in [3.63, 3.8) is 0 Å². The molecule has 0 amide bonds. The highest BCUT2D eigenvalue weighted by Crippen LogP contribution is 2.40. The van der Waals surface area contributed by atoms with E-state index in [1.807, 2.05) is 32.9 Å². The Morgan fingerprint density at radius 1 is 1.18 bits per heavy atom. The van der Waals surface area contributed by atoms with Gasteiger partial charge in [-0.15, -0.1) is 0 Å². The molecule has 156 valence electrons. The minimum absolute atomic E-state index is 0.0399. The zero-order valence-electron chi connectivity index (χ0n) is 18.7. The van der Waals surface area contributed by atoms with E-state index in [1.165, 1.54) is 0 Å². The molecule has 1 atom stereocenters. The molecule has 1 fully saturated rings. The summed E-state index contributed by atoms with van der Waals surface area (Å²) in [6.07, 6.45) is 2.33. The third kappa shape index (κ3) is 5.12. The van der Waals surface area contributed by atoms with Gasteiger partial charge >= 0.3 is 5.97 Å². The van der Waals surface area contributed by atoms with Gasteiger partial charge in [0.2, 0.25) is 5.83 Å². The molecule has 0 aromatic heterocycles. The SMILES string of the molecule is Cc1cc(C)c(OC(=O)/C(F)=C2/CCCC2CO[Si](C)(C)C(C)(C)C)c(C)c1. The van der Waals surface area contributed by atoms with Crippen LogP contribution in [0.15, 0.2) is 23.5 Å². The number of carbonyl (C=O) groups excluding carboxylic acids is 1. The van der Waals surface area contributed by atoms with E-state index in [2.05, 4.69) is 33.9 Å². The lowest BCUT2D eigenvalue weighted by Crippen LogP contribution is -2.42. The molecule has 1 unspecified atom stereocenters. The van der Waals surface area contributed by atoms with Crippen LogP contribution < -0.4 is 4.74 Å². The van der Waals surface area contributed by atoms with Gasteiger partial charge in [-0.1, -0.05) is 38.5 Å². The molecular weight excluding hydrogens is 371 g/mol. The van der Waals surface area contributed by atoms with Crippen molar-refractivity contribution in [2.24, 2.45) is 5.92 Å². The van der Waals surface area contributed by atoms with Crippen LogP contribution in [0.1, 0.15) is 56.7 Å². The number of rotatable bonds is 5. The summed E-state index contributed by atoms with van der Waals surface area (Å²) in [5.74, 6) is -1.20. The van der Waals surface area contributed by atoms with E-state index in [9.17, 15) is 9.18 Å². The molecule has 5 heteroatoms. The first-order valence-corrected chi connectivity index (χ1v) is 13.1. The van der Waals surface area contributed by atoms with Crippen LogP contribution in [0.3, 0.4) is 0 Å². The molecule has 0 aliphatic heterocycles. The van der Waals surface area contributed by atoms with Crippen molar-refractivity contribution >= 4 is 14.3 Å². The van der Waals surface area contributed by atoms with Crippen molar-refractivity contribution < 1.29 is 18.3 Å². The third-order valence-corrected chi connectivity index (χ3v) is 10.7. The van der Waals surface area contributed by atoms with Crippen LogP contribution in [0.5, 0.6) is 5.75 Å². The van der Waals surface area contributed by atoms with Crippen LogP contribution >= 0.6 is 0 Å². The monoisotopic (exact) mass is 406 g/mol. The molecule has 0 radical (unpaired) electrons. The number of aryl methyl sites for hydroxylation is 3. The lowest BCUT2D eigenvalue weighted by molar-refractivity contribution is -0.132. The van der Waals surface area contributed by atoms with Gasteiger partial charge in [0, 0.05) is 12.5 Å². The summed E-state index contributed by atoms with van der Waals surface area (Å²) in [5, 5.41) is 0.105. The molecule has 1 saturated carbocycles. The van der Waals surface area contributed by atoms with Gasteiger partial charge in [0.25, 0.3) is 0 Å². The summed E-state index contributed by atoms with van der Waals surface area (Å²) in [4.78, 5) is 12.5. The highest BCUT2D eigenvalue weighted by Gasteiger charge is 2.39. The van der Waals surface area contributed by atoms with Gasteiger partial charge in [-0.25, -0.2) is 4.79 Å². The van der Waals surface area contributed by atoms with Gasteiger partial charge in [-0.2, -0.15) is 4.39 Å². The lowest BCUT2D eigenvalue weighted by atomic mass is 10.0. The molecule has 28 heavy (non-hydrogen) atoms. The maximum absolute atomic E-state index is 15.0. The Balaban J connectivity index is 2.15. The Hall–Kier alpha value is -1.46. The molecule has 0 heterocycles. The molecule has 0 spiro atoms. The van der Waals surface area contributed by atoms with E-state index in [4.69, 9.17) is 9.16 Å². The molecule has 1 aliphatic carbocycles. The number of benzene rings is 1. The van der Waals surface area contributed by atoms with Crippen molar-refractivity contribution in [1.82, 2.24) is 0 Å². The molecule has 3 nitrogen and oxygen atoms in total. The number of carbonyl (C=O) groups is 1. The number of halogens is 1. The number of hydrogen-bond acceptors (Lipinski definition) is 3. The minimum Gasteiger partial charge on any atom is -0.421 e. The fraction of sp³-hybridized carbons (Fsp3) is 0.609. The maximum atomic E-state index is 15.0. The van der Waals surface area contributed by atoms with Gasteiger partial charge in [-0.3, -0.25) is 0 Å². The Morgan fingerprint density at radius 2 is 1.75 bits per heavy atom. The van der Waals surface area contributed by atoms with Crippen molar-refractivity contribution in [3.05, 3.63) is 40.2 Å². The predicted molar refractivity (Wildman–Crippen MR) is 115 cm³/mol. The van der Waals surface area contributed by atoms with Gasteiger partial charge in [-0.05, 0) is 74.9 Å². The normalized spacial score (nSPS) is 19.7. The van der Waals surface area contributed by atoms with Gasteiger partial charge < -0.3 is 9.16 Å². The van der Waals surface area contributed by atoms with E-state index >= 15 is 0 Å². The van der Waals surface area contributed by atoms with Crippen molar-refractivity contribution in [2.75, 3.05) is 6.61 Å². The Labute approximate surface area is 170 Å². The van der Waals surface area contributed by atoms with Gasteiger partial charge in [0.1, 0.15) is 5.75 Å². The Bertz CT molecular complexity index is 752. The average Bonchev–Trinajstić information content (AvgIpc) is 3.02. The van der Waals surface area contributed by atoms with Crippen LogP contribution in [0, 0.1) is 26.7 Å². The van der Waals surface area contributed by atoms with Crippen LogP contribution in [0.25, 0.3) is 0 Å². The fourth-order valence-electron chi connectivity index (χ4n) is 3.51. The Kier molecular flexibility index (Phi) is 6.93. The smallest absolute Gasteiger partial charge is 0.372 e. The molecular formula is C23H35FO3Si. The van der Waals surface area contributed by atoms with E-state index < -0.39 is 20.1 Å². The second kappa shape index (κ2) is 8.50. The minimum atomic E-state index is -1.91. The third-order valence-electron chi connectivity index (χ3n) is 6.20. The van der Waals surface area contributed by atoms with E-state index in [1.54, 1.807) is 0 Å². The molecule has 0 saturated heterocycles. The largest absolute Gasteiger partial charge is 0.421 e. The first kappa shape index (κ1) is 22.8. The van der Waals surface area contributed by atoms with Crippen LogP contribution in [-0.4, -0.2) is 20.9 Å². The van der Waals surface area contributed by atoms with Crippen LogP contribution in [-0.2, 0) is 9.22 Å². The van der Waals surface area contributed by atoms with Crippen molar-refractivity contribution in [2.45, 2.75) is 78.9 Å². The molecule has 0 bridgehead atoms. The van der Waals surface area contributed by atoms with Gasteiger partial charge in [0.05, 0.1) is 0 Å². The Morgan fingerprint density at radius 3 is 2.29 bits per heavy atom. The second-order valence-electron chi connectivity index (χ2n) is 9.62. The quantitative estimate of drug-likeness (QED) is 0.240. The highest BCUT2D eigenvalue weighted by atomic mass is 28.4. The highest BCUT2D eigenvalue weighted by molar-refractivity contribution is 6.74. The standard InChI is InChI=1S/C23H35FO3Si/c1-15-12-16(2)21(17(3)13-15)27-22(25)20(24)19-11-9-10-18(19)14-26-28(7,8)23(4,5)6/h12-13,18H,9-11,14H2,1-8H3/b20-19+. The van der Waals surface area contributed by atoms with E-state index in [-0.39, 0.29) is 11.0 Å². The number of esters is 1. The summed E-state index contributed by atoms with van der Waals surface area (Å²) in [6.45, 7) is 17.2. The number of hydrogen-bond donors (Lipinski definition) is 0. The molecule has 1 aromatic rings. The first-order chi connectivity index (χ1) is 12.8. The topological polar surface area (TPSA) is 35.5 Å². The van der Waals surface area contributed by atoms with Gasteiger partial charge in [0.15, 0.2) is 8.32 Å². The predicted octanol–water partition coefficient (Wildman–Crippen LogP) is 6.56. The summed E-state index contributed by atoms with van der Waals surface area (Å²) >= 11 is 0. The second-order valence-corrected chi connectivity index (χ2v) is 14.4. The van der Waals surface area contributed by atoms with Crippen molar-refractivity contribution in [3.8, 4) is 5.75 Å². The van der Waals surface area contributed by atoms with E-state index in [0.717, 1.165) is 29.5 Å². The fourth-order valence-corrected chi connectivity index (χ4v) is 4.56. The zero-order chi connectivity index (χ0) is 21.3. The van der Waals surface area contributed by atoms with Crippen LogP contribution in [0.2, 0.25) is 18.1 Å². The number of ether oxygens (including phenoxy) is 1. The molecule has 2 rings (SSSR count). The van der Waals surface area contributed by atoms with E-state index in [0.29, 0.717) is 24.4 Å². The maximum Gasteiger partial charge on any atom is 0.372 e. The summed E-state index contributed by atoms with van der Waals surface area (Å²) in [6, 6.07) is 3.87. The average molecular weight is 407 g/mol. The molecule has 1 aliphatic rings. The van der Waals surface area contributed by atoms with Crippen molar-refractivity contribution in [1.29, 1.82) is 0 Å².